The summed E-state index contributed by atoms with van der Waals surface area (Å²) in [6.45, 7) is 8.10. The predicted octanol–water partition coefficient (Wildman–Crippen LogP) is 1.36. The third-order valence-electron chi connectivity index (χ3n) is 3.75. The number of carbonyl (C=O) groups is 1. The minimum absolute atomic E-state index is 0.0892. The molecule has 2 aliphatic rings. The second kappa shape index (κ2) is 5.67. The van der Waals surface area contributed by atoms with Crippen molar-refractivity contribution in [3.8, 4) is 0 Å². The summed E-state index contributed by atoms with van der Waals surface area (Å²) in [4.78, 5) is 13.7. The van der Waals surface area contributed by atoms with Gasteiger partial charge in [-0.2, -0.15) is 0 Å². The van der Waals surface area contributed by atoms with Gasteiger partial charge in [-0.15, -0.1) is 0 Å². The van der Waals surface area contributed by atoms with Crippen LogP contribution in [0.5, 0.6) is 0 Å². The van der Waals surface area contributed by atoms with Crippen molar-refractivity contribution in [2.24, 2.45) is 5.92 Å². The zero-order valence-electron chi connectivity index (χ0n) is 12.2. The van der Waals surface area contributed by atoms with Gasteiger partial charge in [-0.1, -0.05) is 0 Å². The first-order valence-electron chi connectivity index (χ1n) is 7.23. The first-order valence-corrected chi connectivity index (χ1v) is 7.23. The summed E-state index contributed by atoms with van der Waals surface area (Å²) in [5.41, 5.74) is -0.426. The van der Waals surface area contributed by atoms with Gasteiger partial charge in [0.05, 0.1) is 6.10 Å². The summed E-state index contributed by atoms with van der Waals surface area (Å²) < 4.78 is 5.37. The fraction of sp³-hybridized carbons (Fsp3) is 0.929. The van der Waals surface area contributed by atoms with Crippen LogP contribution in [0.3, 0.4) is 0 Å². The molecular formula is C14H26N2O3. The molecule has 110 valence electrons. The topological polar surface area (TPSA) is 61.8 Å². The molecule has 0 aromatic heterocycles. The highest BCUT2D eigenvalue weighted by Crippen LogP contribution is 2.26. The smallest absolute Gasteiger partial charge is 0.410 e. The predicted molar refractivity (Wildman–Crippen MR) is 72.9 cm³/mol. The Balaban J connectivity index is 1.66. The molecule has 1 saturated heterocycles. The maximum absolute atomic E-state index is 11.9. The molecule has 1 atom stereocenters. The van der Waals surface area contributed by atoms with Crippen LogP contribution in [0.1, 0.15) is 40.0 Å². The van der Waals surface area contributed by atoms with Gasteiger partial charge in [0.1, 0.15) is 5.60 Å². The average Bonchev–Trinajstić information content (AvgIpc) is 2.69. The Morgan fingerprint density at radius 3 is 2.68 bits per heavy atom. The zero-order chi connectivity index (χ0) is 14.0. The van der Waals surface area contributed by atoms with Crippen LogP contribution in [0.4, 0.5) is 4.79 Å². The highest BCUT2D eigenvalue weighted by atomic mass is 16.6. The number of nitrogens with zero attached hydrogens (tertiary/aromatic N) is 1. The Kier molecular flexibility index (Phi) is 4.36. The lowest BCUT2D eigenvalue weighted by Gasteiger charge is -2.32. The Morgan fingerprint density at radius 2 is 2.11 bits per heavy atom. The second-order valence-electron chi connectivity index (χ2n) is 6.81. The molecule has 0 aromatic rings. The fourth-order valence-electron chi connectivity index (χ4n) is 2.62. The lowest BCUT2D eigenvalue weighted by molar-refractivity contribution is 0.0288. The van der Waals surface area contributed by atoms with Gasteiger partial charge >= 0.3 is 6.09 Å². The fourth-order valence-corrected chi connectivity index (χ4v) is 2.62. The Hall–Kier alpha value is -0.810. The molecule has 1 aliphatic carbocycles. The van der Waals surface area contributed by atoms with Gasteiger partial charge in [0, 0.05) is 19.1 Å². The molecule has 1 heterocycles. The number of carbonyl (C=O) groups excluding carboxylic acids is 1. The van der Waals surface area contributed by atoms with E-state index in [0.29, 0.717) is 12.0 Å². The summed E-state index contributed by atoms with van der Waals surface area (Å²) in [6.07, 6.45) is 2.50. The van der Waals surface area contributed by atoms with E-state index < -0.39 is 5.60 Å². The first kappa shape index (κ1) is 14.6. The minimum Gasteiger partial charge on any atom is -0.444 e. The van der Waals surface area contributed by atoms with E-state index in [1.54, 1.807) is 4.90 Å². The van der Waals surface area contributed by atoms with Gasteiger partial charge in [-0.25, -0.2) is 4.79 Å². The standard InChI is InChI=1S/C14H26N2O3/c1-14(2,3)19-13(18)16-5-4-11(9-16)15-8-10-6-12(17)7-10/h10-12,15,17H,4-9H2,1-3H3. The van der Waals surface area contributed by atoms with Crippen LogP contribution < -0.4 is 5.32 Å². The lowest BCUT2D eigenvalue weighted by atomic mass is 9.82. The van der Waals surface area contributed by atoms with Crippen molar-refractivity contribution < 1.29 is 14.6 Å². The number of rotatable bonds is 3. The summed E-state index contributed by atoms with van der Waals surface area (Å²) >= 11 is 0. The Morgan fingerprint density at radius 1 is 1.42 bits per heavy atom. The molecule has 19 heavy (non-hydrogen) atoms. The number of aliphatic hydroxyl groups is 1. The van der Waals surface area contributed by atoms with Crippen molar-refractivity contribution in [3.05, 3.63) is 0 Å². The molecule has 0 radical (unpaired) electrons. The minimum atomic E-state index is -0.426. The molecule has 0 aromatic carbocycles. The summed E-state index contributed by atoms with van der Waals surface area (Å²) in [7, 11) is 0. The number of hydrogen-bond donors (Lipinski definition) is 2. The van der Waals surface area contributed by atoms with E-state index in [4.69, 9.17) is 4.74 Å². The lowest BCUT2D eigenvalue weighted by Crippen LogP contribution is -2.42. The number of nitrogens with one attached hydrogen (secondary N) is 1. The van der Waals surface area contributed by atoms with Gasteiger partial charge in [0.25, 0.3) is 0 Å². The molecule has 2 N–H and O–H groups in total. The molecule has 0 spiro atoms. The molecule has 1 unspecified atom stereocenters. The number of aliphatic hydroxyl groups excluding tert-OH is 1. The number of likely N-dealkylation sites (tertiary alicyclic amines) is 1. The maximum Gasteiger partial charge on any atom is 0.410 e. The van der Waals surface area contributed by atoms with Crippen LogP contribution in [0.2, 0.25) is 0 Å². The monoisotopic (exact) mass is 270 g/mol. The molecule has 0 bridgehead atoms. The van der Waals surface area contributed by atoms with Crippen LogP contribution in [-0.4, -0.2) is 53.5 Å². The summed E-state index contributed by atoms with van der Waals surface area (Å²) in [5, 5.41) is 12.7. The van der Waals surface area contributed by atoms with Crippen molar-refractivity contribution in [3.63, 3.8) is 0 Å². The van der Waals surface area contributed by atoms with Crippen molar-refractivity contribution in [1.82, 2.24) is 10.2 Å². The van der Waals surface area contributed by atoms with Crippen molar-refractivity contribution in [1.29, 1.82) is 0 Å². The van der Waals surface area contributed by atoms with Gasteiger partial charge in [-0.05, 0) is 52.5 Å². The van der Waals surface area contributed by atoms with E-state index >= 15 is 0 Å². The molecule has 2 rings (SSSR count). The number of hydrogen-bond acceptors (Lipinski definition) is 4. The number of amides is 1. The van der Waals surface area contributed by atoms with Crippen molar-refractivity contribution in [2.75, 3.05) is 19.6 Å². The maximum atomic E-state index is 11.9. The van der Waals surface area contributed by atoms with E-state index in [1.165, 1.54) is 0 Å². The molecule has 2 fully saturated rings. The molecular weight excluding hydrogens is 244 g/mol. The highest BCUT2D eigenvalue weighted by Gasteiger charge is 2.31. The van der Waals surface area contributed by atoms with E-state index in [-0.39, 0.29) is 12.2 Å². The van der Waals surface area contributed by atoms with Gasteiger partial charge in [0.15, 0.2) is 0 Å². The van der Waals surface area contributed by atoms with Crippen LogP contribution >= 0.6 is 0 Å². The molecule has 5 heteroatoms. The molecule has 5 nitrogen and oxygen atoms in total. The Labute approximate surface area is 115 Å². The summed E-state index contributed by atoms with van der Waals surface area (Å²) in [6, 6.07) is 0.366. The van der Waals surface area contributed by atoms with E-state index in [2.05, 4.69) is 5.32 Å². The quantitative estimate of drug-likeness (QED) is 0.813. The van der Waals surface area contributed by atoms with Gasteiger partial charge < -0.3 is 20.1 Å². The highest BCUT2D eigenvalue weighted by molar-refractivity contribution is 5.68. The number of ether oxygens (including phenoxy) is 1. The third-order valence-corrected chi connectivity index (χ3v) is 3.75. The molecule has 1 amide bonds. The van der Waals surface area contributed by atoms with Gasteiger partial charge in [0.2, 0.25) is 0 Å². The first-order chi connectivity index (χ1) is 8.83. The van der Waals surface area contributed by atoms with E-state index in [1.807, 2.05) is 20.8 Å². The zero-order valence-corrected chi connectivity index (χ0v) is 12.2. The summed E-state index contributed by atoms with van der Waals surface area (Å²) in [5.74, 6) is 0.602. The van der Waals surface area contributed by atoms with Crippen LogP contribution in [0.15, 0.2) is 0 Å². The van der Waals surface area contributed by atoms with Crippen LogP contribution in [-0.2, 0) is 4.74 Å². The van der Waals surface area contributed by atoms with Crippen molar-refractivity contribution >= 4 is 6.09 Å². The normalized spacial score (nSPS) is 31.2. The third kappa shape index (κ3) is 4.35. The van der Waals surface area contributed by atoms with Gasteiger partial charge in [-0.3, -0.25) is 0 Å². The molecule has 1 saturated carbocycles. The largest absolute Gasteiger partial charge is 0.444 e. The average molecular weight is 270 g/mol. The van der Waals surface area contributed by atoms with Crippen LogP contribution in [0.25, 0.3) is 0 Å². The van der Waals surface area contributed by atoms with E-state index in [9.17, 15) is 9.90 Å². The SMILES string of the molecule is CC(C)(C)OC(=O)N1CCC(NCC2CC(O)C2)C1. The Bertz CT molecular complexity index is 321. The van der Waals surface area contributed by atoms with E-state index in [0.717, 1.165) is 38.9 Å². The second-order valence-corrected chi connectivity index (χ2v) is 6.81. The van der Waals surface area contributed by atoms with Crippen molar-refractivity contribution in [2.45, 2.75) is 57.8 Å². The van der Waals surface area contributed by atoms with Crippen LogP contribution in [0, 0.1) is 5.92 Å². The molecule has 1 aliphatic heterocycles.